The van der Waals surface area contributed by atoms with Crippen molar-refractivity contribution in [2.24, 2.45) is 0 Å². The summed E-state index contributed by atoms with van der Waals surface area (Å²) in [6.45, 7) is 2.24. The van der Waals surface area contributed by atoms with Crippen molar-refractivity contribution in [1.29, 1.82) is 0 Å². The van der Waals surface area contributed by atoms with Crippen LogP contribution in [0.5, 0.6) is 0 Å². The lowest BCUT2D eigenvalue weighted by Crippen LogP contribution is -2.42. The Morgan fingerprint density at radius 1 is 1.28 bits per heavy atom. The maximum atomic E-state index is 4.44. The van der Waals surface area contributed by atoms with Crippen LogP contribution < -0.4 is 4.90 Å². The molecule has 4 heteroatoms. The van der Waals surface area contributed by atoms with Crippen LogP contribution in [0.3, 0.4) is 0 Å². The number of para-hydroxylation sites is 1. The summed E-state index contributed by atoms with van der Waals surface area (Å²) in [5.41, 5.74) is 3.49. The van der Waals surface area contributed by atoms with E-state index in [4.69, 9.17) is 0 Å². The number of aromatic amines is 1. The normalized spacial score (nSPS) is 17.8. The molecule has 1 aromatic heterocycles. The van der Waals surface area contributed by atoms with Crippen LogP contribution >= 0.6 is 0 Å². The van der Waals surface area contributed by atoms with Crippen LogP contribution in [0.1, 0.15) is 12.8 Å². The van der Waals surface area contributed by atoms with Gasteiger partial charge in [0.05, 0.1) is 17.5 Å². The van der Waals surface area contributed by atoms with Gasteiger partial charge in [-0.25, -0.2) is 4.98 Å². The lowest BCUT2D eigenvalue weighted by Gasteiger charge is -2.36. The molecule has 1 aliphatic rings. The van der Waals surface area contributed by atoms with Crippen molar-refractivity contribution in [1.82, 2.24) is 14.9 Å². The van der Waals surface area contributed by atoms with Crippen LogP contribution in [0.2, 0.25) is 0 Å². The van der Waals surface area contributed by atoms with E-state index in [0.717, 1.165) is 30.2 Å². The summed E-state index contributed by atoms with van der Waals surface area (Å²) in [6.07, 6.45) is 4.24. The quantitative estimate of drug-likeness (QED) is 0.878. The zero-order chi connectivity index (χ0) is 12.5. The molecule has 3 rings (SSSR count). The van der Waals surface area contributed by atoms with Gasteiger partial charge in [0.25, 0.3) is 0 Å². The zero-order valence-corrected chi connectivity index (χ0v) is 11.1. The molecule has 1 fully saturated rings. The number of rotatable bonds is 2. The highest BCUT2D eigenvalue weighted by Gasteiger charge is 2.22. The second kappa shape index (κ2) is 4.61. The monoisotopic (exact) mass is 244 g/mol. The lowest BCUT2D eigenvalue weighted by atomic mass is 10.0. The van der Waals surface area contributed by atoms with Crippen molar-refractivity contribution in [2.45, 2.75) is 18.9 Å². The fourth-order valence-corrected chi connectivity index (χ4v) is 2.83. The van der Waals surface area contributed by atoms with Gasteiger partial charge in [-0.05, 0) is 39.1 Å². The largest absolute Gasteiger partial charge is 0.370 e. The molecule has 2 aromatic rings. The number of nitrogens with zero attached hydrogens (tertiary/aromatic N) is 3. The van der Waals surface area contributed by atoms with Crippen molar-refractivity contribution in [3.8, 4) is 0 Å². The minimum atomic E-state index is 0.722. The fraction of sp³-hybridized carbons (Fsp3) is 0.500. The number of nitrogens with one attached hydrogen (secondary N) is 1. The Kier molecular flexibility index (Phi) is 2.96. The number of piperidine rings is 1. The first-order valence-electron chi connectivity index (χ1n) is 6.59. The van der Waals surface area contributed by atoms with Crippen LogP contribution in [-0.2, 0) is 0 Å². The smallest absolute Gasteiger partial charge is 0.112 e. The second-order valence-electron chi connectivity index (χ2n) is 5.26. The van der Waals surface area contributed by atoms with Crippen molar-refractivity contribution in [2.75, 3.05) is 32.1 Å². The van der Waals surface area contributed by atoms with Crippen molar-refractivity contribution < 1.29 is 0 Å². The van der Waals surface area contributed by atoms with Gasteiger partial charge in [-0.1, -0.05) is 6.07 Å². The highest BCUT2D eigenvalue weighted by molar-refractivity contribution is 5.88. The van der Waals surface area contributed by atoms with Gasteiger partial charge in [-0.15, -0.1) is 0 Å². The Hall–Kier alpha value is -1.55. The molecular formula is C14H20N4. The molecule has 96 valence electrons. The van der Waals surface area contributed by atoms with Crippen molar-refractivity contribution >= 4 is 16.7 Å². The van der Waals surface area contributed by atoms with Crippen LogP contribution in [0.25, 0.3) is 11.0 Å². The predicted molar refractivity (Wildman–Crippen MR) is 75.0 cm³/mol. The summed E-state index contributed by atoms with van der Waals surface area (Å²) in [4.78, 5) is 12.4. The molecule has 0 unspecified atom stereocenters. The van der Waals surface area contributed by atoms with Crippen LogP contribution in [0, 0.1) is 0 Å². The molecule has 0 amide bonds. The molecule has 0 spiro atoms. The standard InChI is InChI=1S/C14H20N4/c1-17(2)11-6-8-18(9-7-11)13-5-3-4-12-14(13)16-10-15-12/h3-5,10-11H,6-9H2,1-2H3,(H,15,16). The third-order valence-electron chi connectivity index (χ3n) is 3.96. The first-order chi connectivity index (χ1) is 8.75. The SMILES string of the molecule is CN(C)C1CCN(c2cccc3[nH]cnc23)CC1. The van der Waals surface area contributed by atoms with Crippen LogP contribution in [0.4, 0.5) is 5.69 Å². The van der Waals surface area contributed by atoms with E-state index in [9.17, 15) is 0 Å². The van der Waals surface area contributed by atoms with Gasteiger partial charge >= 0.3 is 0 Å². The number of hydrogen-bond donors (Lipinski definition) is 1. The molecule has 1 aromatic carbocycles. The Balaban J connectivity index is 1.82. The van der Waals surface area contributed by atoms with Gasteiger partial charge in [0.2, 0.25) is 0 Å². The predicted octanol–water partition coefficient (Wildman–Crippen LogP) is 2.09. The lowest BCUT2D eigenvalue weighted by molar-refractivity contribution is 0.250. The van der Waals surface area contributed by atoms with Crippen molar-refractivity contribution in [3.05, 3.63) is 24.5 Å². The summed E-state index contributed by atoms with van der Waals surface area (Å²) in [5.74, 6) is 0. The average Bonchev–Trinajstić information content (AvgIpc) is 2.87. The number of anilines is 1. The number of benzene rings is 1. The maximum absolute atomic E-state index is 4.44. The maximum Gasteiger partial charge on any atom is 0.112 e. The molecule has 2 heterocycles. The van der Waals surface area contributed by atoms with E-state index in [2.05, 4.69) is 52.1 Å². The minimum Gasteiger partial charge on any atom is -0.370 e. The molecule has 0 radical (unpaired) electrons. The van der Waals surface area contributed by atoms with Crippen molar-refractivity contribution in [3.63, 3.8) is 0 Å². The summed E-state index contributed by atoms with van der Waals surface area (Å²) >= 11 is 0. The first kappa shape index (κ1) is 11.5. The molecule has 0 saturated carbocycles. The van der Waals surface area contributed by atoms with Gasteiger partial charge in [0.1, 0.15) is 5.52 Å². The fourth-order valence-electron chi connectivity index (χ4n) is 2.83. The minimum absolute atomic E-state index is 0.722. The Labute approximate surface area is 108 Å². The van der Waals surface area contributed by atoms with E-state index in [0.29, 0.717) is 0 Å². The van der Waals surface area contributed by atoms with Gasteiger partial charge in [0.15, 0.2) is 0 Å². The van der Waals surface area contributed by atoms with Crippen LogP contribution in [0.15, 0.2) is 24.5 Å². The topological polar surface area (TPSA) is 35.2 Å². The van der Waals surface area contributed by atoms with Gasteiger partial charge < -0.3 is 14.8 Å². The molecule has 18 heavy (non-hydrogen) atoms. The number of aromatic nitrogens is 2. The second-order valence-corrected chi connectivity index (χ2v) is 5.26. The van der Waals surface area contributed by atoms with Gasteiger partial charge in [0, 0.05) is 19.1 Å². The highest BCUT2D eigenvalue weighted by atomic mass is 15.2. The Bertz CT molecular complexity index is 523. The van der Waals surface area contributed by atoms with Crippen LogP contribution in [-0.4, -0.2) is 48.1 Å². The number of imidazole rings is 1. The average molecular weight is 244 g/mol. The molecule has 0 bridgehead atoms. The highest BCUT2D eigenvalue weighted by Crippen LogP contribution is 2.27. The van der Waals surface area contributed by atoms with E-state index in [1.54, 1.807) is 6.33 Å². The zero-order valence-electron chi connectivity index (χ0n) is 11.1. The summed E-state index contributed by atoms with van der Waals surface area (Å²) in [5, 5.41) is 0. The molecule has 1 aliphatic heterocycles. The van der Waals surface area contributed by atoms with Gasteiger partial charge in [-0.3, -0.25) is 0 Å². The van der Waals surface area contributed by atoms with E-state index in [1.165, 1.54) is 18.5 Å². The number of hydrogen-bond acceptors (Lipinski definition) is 3. The van der Waals surface area contributed by atoms with E-state index < -0.39 is 0 Å². The third kappa shape index (κ3) is 1.97. The molecule has 0 atom stereocenters. The molecule has 0 aliphatic carbocycles. The third-order valence-corrected chi connectivity index (χ3v) is 3.96. The molecule has 1 N–H and O–H groups in total. The first-order valence-corrected chi connectivity index (χ1v) is 6.59. The molecule has 4 nitrogen and oxygen atoms in total. The Morgan fingerprint density at radius 2 is 2.06 bits per heavy atom. The summed E-state index contributed by atoms with van der Waals surface area (Å²) in [6, 6.07) is 7.09. The summed E-state index contributed by atoms with van der Waals surface area (Å²) < 4.78 is 0. The molecule has 1 saturated heterocycles. The van der Waals surface area contributed by atoms with E-state index in [1.807, 2.05) is 0 Å². The Morgan fingerprint density at radius 3 is 2.78 bits per heavy atom. The van der Waals surface area contributed by atoms with E-state index >= 15 is 0 Å². The van der Waals surface area contributed by atoms with Gasteiger partial charge in [-0.2, -0.15) is 0 Å². The van der Waals surface area contributed by atoms with E-state index in [-0.39, 0.29) is 0 Å². The summed E-state index contributed by atoms with van der Waals surface area (Å²) in [7, 11) is 4.35. The molecular weight excluding hydrogens is 224 g/mol. The number of fused-ring (bicyclic) bond motifs is 1. The number of H-pyrrole nitrogens is 1.